The van der Waals surface area contributed by atoms with Crippen molar-refractivity contribution in [3.63, 3.8) is 0 Å². The molecule has 0 heterocycles. The SMILES string of the molecule is COc1ccc(OC)c(C(C)NCC(O)c2ccccc2C)c1. The van der Waals surface area contributed by atoms with Gasteiger partial charge in [0.1, 0.15) is 11.5 Å². The molecular formula is C19H25NO3. The summed E-state index contributed by atoms with van der Waals surface area (Å²) < 4.78 is 10.7. The minimum absolute atomic E-state index is 0.0266. The summed E-state index contributed by atoms with van der Waals surface area (Å²) in [6.45, 7) is 4.52. The van der Waals surface area contributed by atoms with Crippen LogP contribution in [0.1, 0.15) is 35.8 Å². The maximum absolute atomic E-state index is 10.4. The van der Waals surface area contributed by atoms with Gasteiger partial charge in [-0.3, -0.25) is 0 Å². The summed E-state index contributed by atoms with van der Waals surface area (Å²) in [5.74, 6) is 1.59. The molecule has 2 rings (SSSR count). The Balaban J connectivity index is 2.07. The van der Waals surface area contributed by atoms with Crippen LogP contribution < -0.4 is 14.8 Å². The second-order valence-corrected chi connectivity index (χ2v) is 5.61. The zero-order chi connectivity index (χ0) is 16.8. The Bertz CT molecular complexity index is 642. The zero-order valence-corrected chi connectivity index (χ0v) is 14.2. The van der Waals surface area contributed by atoms with Crippen LogP contribution in [0, 0.1) is 6.92 Å². The Labute approximate surface area is 138 Å². The molecule has 0 spiro atoms. The van der Waals surface area contributed by atoms with Crippen LogP contribution in [0.15, 0.2) is 42.5 Å². The molecule has 0 saturated heterocycles. The van der Waals surface area contributed by atoms with Gasteiger partial charge < -0.3 is 19.9 Å². The maximum atomic E-state index is 10.4. The molecule has 4 nitrogen and oxygen atoms in total. The monoisotopic (exact) mass is 315 g/mol. The van der Waals surface area contributed by atoms with Crippen molar-refractivity contribution in [3.8, 4) is 11.5 Å². The van der Waals surface area contributed by atoms with E-state index >= 15 is 0 Å². The molecule has 0 radical (unpaired) electrons. The van der Waals surface area contributed by atoms with E-state index in [9.17, 15) is 5.11 Å². The van der Waals surface area contributed by atoms with Crippen molar-refractivity contribution in [2.24, 2.45) is 0 Å². The van der Waals surface area contributed by atoms with Crippen LogP contribution >= 0.6 is 0 Å². The summed E-state index contributed by atoms with van der Waals surface area (Å²) >= 11 is 0. The van der Waals surface area contributed by atoms with Crippen LogP contribution in [-0.4, -0.2) is 25.9 Å². The van der Waals surface area contributed by atoms with Gasteiger partial charge in [-0.1, -0.05) is 24.3 Å². The third-order valence-electron chi connectivity index (χ3n) is 4.07. The Morgan fingerprint density at radius 2 is 1.78 bits per heavy atom. The number of aliphatic hydroxyl groups excluding tert-OH is 1. The van der Waals surface area contributed by atoms with Gasteiger partial charge in [0, 0.05) is 18.2 Å². The Hall–Kier alpha value is -2.04. The van der Waals surface area contributed by atoms with Gasteiger partial charge in [-0.15, -0.1) is 0 Å². The van der Waals surface area contributed by atoms with Crippen LogP contribution in [-0.2, 0) is 0 Å². The van der Waals surface area contributed by atoms with Crippen LogP contribution in [0.3, 0.4) is 0 Å². The standard InChI is InChI=1S/C19H25NO3/c1-13-7-5-6-8-16(13)18(21)12-20-14(2)17-11-15(22-3)9-10-19(17)23-4/h5-11,14,18,20-21H,12H2,1-4H3. The van der Waals surface area contributed by atoms with Crippen LogP contribution in [0.4, 0.5) is 0 Å². The fraction of sp³-hybridized carbons (Fsp3) is 0.368. The van der Waals surface area contributed by atoms with E-state index in [0.717, 1.165) is 28.2 Å². The fourth-order valence-corrected chi connectivity index (χ4v) is 2.65. The smallest absolute Gasteiger partial charge is 0.123 e. The summed E-state index contributed by atoms with van der Waals surface area (Å²) in [7, 11) is 3.30. The lowest BCUT2D eigenvalue weighted by atomic mass is 10.0. The fourth-order valence-electron chi connectivity index (χ4n) is 2.65. The number of benzene rings is 2. The molecule has 0 bridgehead atoms. The van der Waals surface area contributed by atoms with E-state index < -0.39 is 6.10 Å². The average molecular weight is 315 g/mol. The van der Waals surface area contributed by atoms with E-state index in [1.54, 1.807) is 14.2 Å². The topological polar surface area (TPSA) is 50.7 Å². The molecule has 2 unspecified atom stereocenters. The summed E-state index contributed by atoms with van der Waals surface area (Å²) in [6.07, 6.45) is -0.546. The number of rotatable bonds is 7. The minimum Gasteiger partial charge on any atom is -0.497 e. The summed E-state index contributed by atoms with van der Waals surface area (Å²) in [6, 6.07) is 13.6. The lowest BCUT2D eigenvalue weighted by Gasteiger charge is -2.21. The minimum atomic E-state index is -0.546. The van der Waals surface area contributed by atoms with E-state index in [1.807, 2.05) is 56.3 Å². The highest BCUT2D eigenvalue weighted by molar-refractivity contribution is 5.42. The van der Waals surface area contributed by atoms with E-state index in [4.69, 9.17) is 9.47 Å². The van der Waals surface area contributed by atoms with Crippen molar-refractivity contribution in [1.29, 1.82) is 0 Å². The molecule has 2 N–H and O–H groups in total. The molecule has 23 heavy (non-hydrogen) atoms. The quantitative estimate of drug-likeness (QED) is 0.822. The van der Waals surface area contributed by atoms with Crippen molar-refractivity contribution in [1.82, 2.24) is 5.32 Å². The Morgan fingerprint density at radius 1 is 1.04 bits per heavy atom. The van der Waals surface area contributed by atoms with Gasteiger partial charge in [0.05, 0.1) is 20.3 Å². The van der Waals surface area contributed by atoms with Crippen molar-refractivity contribution in [2.75, 3.05) is 20.8 Å². The molecule has 2 atom stereocenters. The van der Waals surface area contributed by atoms with Gasteiger partial charge in [-0.2, -0.15) is 0 Å². The first-order chi connectivity index (χ1) is 11.1. The summed E-state index contributed by atoms with van der Waals surface area (Å²) in [4.78, 5) is 0. The number of methoxy groups -OCH3 is 2. The van der Waals surface area contributed by atoms with Crippen molar-refractivity contribution in [3.05, 3.63) is 59.2 Å². The molecule has 0 aromatic heterocycles. The molecule has 0 aliphatic rings. The zero-order valence-electron chi connectivity index (χ0n) is 14.2. The van der Waals surface area contributed by atoms with E-state index in [2.05, 4.69) is 5.32 Å². The van der Waals surface area contributed by atoms with E-state index in [1.165, 1.54) is 0 Å². The summed E-state index contributed by atoms with van der Waals surface area (Å²) in [5.41, 5.74) is 3.04. The molecule has 0 aliphatic carbocycles. The first-order valence-electron chi connectivity index (χ1n) is 7.75. The van der Waals surface area contributed by atoms with Gasteiger partial charge in [-0.05, 0) is 43.2 Å². The Kier molecular flexibility index (Phi) is 6.02. The molecule has 0 aliphatic heterocycles. The van der Waals surface area contributed by atoms with Crippen molar-refractivity contribution in [2.45, 2.75) is 26.0 Å². The van der Waals surface area contributed by atoms with Gasteiger partial charge in [-0.25, -0.2) is 0 Å². The lowest BCUT2D eigenvalue weighted by Crippen LogP contribution is -2.25. The van der Waals surface area contributed by atoms with Crippen LogP contribution in [0.25, 0.3) is 0 Å². The van der Waals surface area contributed by atoms with Gasteiger partial charge in [0.15, 0.2) is 0 Å². The van der Waals surface area contributed by atoms with Crippen molar-refractivity contribution < 1.29 is 14.6 Å². The largest absolute Gasteiger partial charge is 0.497 e. The number of nitrogens with one attached hydrogen (secondary N) is 1. The molecule has 0 fully saturated rings. The first-order valence-corrected chi connectivity index (χ1v) is 7.75. The average Bonchev–Trinajstić information content (AvgIpc) is 2.59. The number of aliphatic hydroxyl groups is 1. The molecule has 2 aromatic rings. The molecule has 0 saturated carbocycles. The highest BCUT2D eigenvalue weighted by Crippen LogP contribution is 2.29. The second-order valence-electron chi connectivity index (χ2n) is 5.61. The predicted molar refractivity (Wildman–Crippen MR) is 92.1 cm³/mol. The van der Waals surface area contributed by atoms with Crippen molar-refractivity contribution >= 4 is 0 Å². The van der Waals surface area contributed by atoms with E-state index in [-0.39, 0.29) is 6.04 Å². The third-order valence-corrected chi connectivity index (χ3v) is 4.07. The molecule has 0 amide bonds. The first kappa shape index (κ1) is 17.3. The number of aryl methyl sites for hydroxylation is 1. The van der Waals surface area contributed by atoms with E-state index in [0.29, 0.717) is 6.54 Å². The highest BCUT2D eigenvalue weighted by Gasteiger charge is 2.15. The van der Waals surface area contributed by atoms with Gasteiger partial charge in [0.2, 0.25) is 0 Å². The molecule has 4 heteroatoms. The third kappa shape index (κ3) is 4.24. The van der Waals surface area contributed by atoms with Gasteiger partial charge in [0.25, 0.3) is 0 Å². The normalized spacial score (nSPS) is 13.4. The summed E-state index contributed by atoms with van der Waals surface area (Å²) in [5, 5.41) is 13.8. The lowest BCUT2D eigenvalue weighted by molar-refractivity contribution is 0.170. The second kappa shape index (κ2) is 7.99. The maximum Gasteiger partial charge on any atom is 0.123 e. The molecule has 124 valence electrons. The number of ether oxygens (including phenoxy) is 2. The van der Waals surface area contributed by atoms with Crippen LogP contribution in [0.5, 0.6) is 11.5 Å². The Morgan fingerprint density at radius 3 is 2.43 bits per heavy atom. The number of hydrogen-bond acceptors (Lipinski definition) is 4. The number of hydrogen-bond donors (Lipinski definition) is 2. The molecular weight excluding hydrogens is 290 g/mol. The van der Waals surface area contributed by atoms with Gasteiger partial charge >= 0.3 is 0 Å². The molecule has 2 aromatic carbocycles. The van der Waals surface area contributed by atoms with Crippen LogP contribution in [0.2, 0.25) is 0 Å². The predicted octanol–water partition coefficient (Wildman–Crippen LogP) is 3.40. The highest BCUT2D eigenvalue weighted by atomic mass is 16.5.